The molecule has 0 aromatic carbocycles. The first-order chi connectivity index (χ1) is 14.0. The first kappa shape index (κ1) is 38.6. The minimum absolute atomic E-state index is 0. The summed E-state index contributed by atoms with van der Waals surface area (Å²) in [6.07, 6.45) is -14.3. The van der Waals surface area contributed by atoms with Crippen molar-refractivity contribution in [3.8, 4) is 0 Å². The Morgan fingerprint density at radius 1 is 0.371 bits per heavy atom. The van der Waals surface area contributed by atoms with Gasteiger partial charge in [0.15, 0.2) is 20.2 Å². The summed E-state index contributed by atoms with van der Waals surface area (Å²) in [6, 6.07) is 0. The largest absolute Gasteiger partial charge is 2.00 e. The molecule has 0 aromatic heterocycles. The van der Waals surface area contributed by atoms with E-state index in [4.69, 9.17) is 0 Å². The fourth-order valence-electron chi connectivity index (χ4n) is 1.04. The molecule has 0 aromatic rings. The third-order valence-electron chi connectivity index (χ3n) is 2.86. The molecule has 0 amide bonds. The predicted octanol–water partition coefficient (Wildman–Crippen LogP) is 3.91. The molecule has 0 N–H and O–H groups in total. The van der Waals surface area contributed by atoms with Gasteiger partial charge in [0.2, 0.25) is 0 Å². The minimum atomic E-state index is -7.43. The van der Waals surface area contributed by atoms with E-state index in [1.54, 1.807) is 0 Å². The van der Waals surface area contributed by atoms with Gasteiger partial charge in [-0.15, -0.1) is 0 Å². The van der Waals surface area contributed by atoms with Crippen LogP contribution in [0.25, 0.3) is 0 Å². The first-order valence-corrected chi connectivity index (χ1v) is 9.13. The van der Waals surface area contributed by atoms with Gasteiger partial charge in [0.05, 0.1) is 0 Å². The zero-order valence-electron chi connectivity index (χ0n) is 14.4. The second-order valence-electron chi connectivity index (χ2n) is 5.23. The summed E-state index contributed by atoms with van der Waals surface area (Å²) < 4.78 is 271. The molecule has 0 rings (SSSR count). The standard InChI is InChI=1S/2C4HF9O3S.Co/c2*5-1(6,3(9,10)11)2(7,8)4(12,13)17(14,15)16;/h2*(H,14,15,16);/q;;+2/p-2. The molecule has 0 fully saturated rings. The normalized spacial score (nSPS) is 15.7. The van der Waals surface area contributed by atoms with Crippen LogP contribution in [0.3, 0.4) is 0 Å². The number of hydrogen-bond acceptors (Lipinski definition) is 6. The van der Waals surface area contributed by atoms with Crippen molar-refractivity contribution in [2.75, 3.05) is 0 Å². The fourth-order valence-corrected chi connectivity index (χ4v) is 1.92. The van der Waals surface area contributed by atoms with Crippen LogP contribution >= 0.6 is 0 Å². The number of halogens is 18. The van der Waals surface area contributed by atoms with Crippen LogP contribution in [0.1, 0.15) is 0 Å². The molecule has 1 radical (unpaired) electrons. The van der Waals surface area contributed by atoms with Crippen molar-refractivity contribution in [2.24, 2.45) is 0 Å². The Morgan fingerprint density at radius 2 is 0.514 bits per heavy atom. The molecule has 0 aliphatic heterocycles. The van der Waals surface area contributed by atoms with Gasteiger partial charge in [0, 0.05) is 0 Å². The second kappa shape index (κ2) is 9.75. The van der Waals surface area contributed by atoms with Crippen molar-refractivity contribution in [1.82, 2.24) is 0 Å². The molecule has 0 heterocycles. The van der Waals surface area contributed by atoms with Crippen molar-refractivity contribution in [2.45, 2.75) is 46.6 Å². The zero-order valence-corrected chi connectivity index (χ0v) is 17.1. The van der Waals surface area contributed by atoms with Gasteiger partial charge >= 0.3 is 63.3 Å². The predicted molar refractivity (Wildman–Crippen MR) is 61.2 cm³/mol. The topological polar surface area (TPSA) is 114 Å². The maximum Gasteiger partial charge on any atom is 2.00 e. The molecule has 0 saturated carbocycles. The molecule has 0 aliphatic rings. The van der Waals surface area contributed by atoms with Gasteiger partial charge in [-0.05, 0) is 0 Å². The molecule has 0 spiro atoms. The van der Waals surface area contributed by atoms with Gasteiger partial charge in [-0.3, -0.25) is 0 Å². The molecule has 0 saturated heterocycles. The zero-order chi connectivity index (χ0) is 29.0. The van der Waals surface area contributed by atoms with E-state index in [1.807, 2.05) is 0 Å². The molecule has 0 bridgehead atoms. The van der Waals surface area contributed by atoms with E-state index in [-0.39, 0.29) is 16.8 Å². The van der Waals surface area contributed by atoms with E-state index in [2.05, 4.69) is 0 Å². The van der Waals surface area contributed by atoms with Crippen molar-refractivity contribution in [3.05, 3.63) is 0 Å². The van der Waals surface area contributed by atoms with Crippen LogP contribution in [-0.2, 0) is 37.0 Å². The molecule has 215 valence electrons. The van der Waals surface area contributed by atoms with E-state index in [9.17, 15) is 105 Å². The molecule has 0 atom stereocenters. The number of alkyl halides is 18. The van der Waals surface area contributed by atoms with Crippen molar-refractivity contribution < 1.29 is 122 Å². The van der Waals surface area contributed by atoms with Crippen molar-refractivity contribution in [3.63, 3.8) is 0 Å². The first-order valence-electron chi connectivity index (χ1n) is 6.31. The molecule has 27 heteroatoms. The average molecular weight is 657 g/mol. The molecule has 6 nitrogen and oxygen atoms in total. The third-order valence-corrected chi connectivity index (χ3v) is 4.63. The van der Waals surface area contributed by atoms with Gasteiger partial charge in [-0.25, -0.2) is 16.8 Å². The minimum Gasteiger partial charge on any atom is -0.743 e. The quantitative estimate of drug-likeness (QED) is 0.317. The van der Waals surface area contributed by atoms with Crippen LogP contribution in [0.5, 0.6) is 0 Å². The summed E-state index contributed by atoms with van der Waals surface area (Å²) >= 11 is 0. The Morgan fingerprint density at radius 3 is 0.600 bits per heavy atom. The average Bonchev–Trinajstić information content (AvgIpc) is 2.50. The van der Waals surface area contributed by atoms with E-state index in [0.29, 0.717) is 0 Å². The Hall–Kier alpha value is -0.934. The summed E-state index contributed by atoms with van der Waals surface area (Å²) in [5.41, 5.74) is 0. The smallest absolute Gasteiger partial charge is 0.743 e. The van der Waals surface area contributed by atoms with Crippen LogP contribution in [0.2, 0.25) is 0 Å². The maximum absolute atomic E-state index is 12.2. The summed E-state index contributed by atoms with van der Waals surface area (Å²) in [5.74, 6) is -29.6. The van der Waals surface area contributed by atoms with E-state index in [0.717, 1.165) is 0 Å². The number of rotatable bonds is 6. The van der Waals surface area contributed by atoms with Crippen LogP contribution < -0.4 is 0 Å². The molecule has 0 aliphatic carbocycles. The molecule has 0 unspecified atom stereocenters. The monoisotopic (exact) mass is 657 g/mol. The van der Waals surface area contributed by atoms with E-state index in [1.165, 1.54) is 0 Å². The SMILES string of the molecule is O=S(=O)([O-])C(F)(F)C(F)(F)C(F)(F)C(F)(F)F.O=S(=O)([O-])C(F)(F)C(F)(F)C(F)(F)C(F)(F)F.[Co+2]. The van der Waals surface area contributed by atoms with E-state index < -0.39 is 66.8 Å². The van der Waals surface area contributed by atoms with Crippen molar-refractivity contribution >= 4 is 20.2 Å². The third kappa shape index (κ3) is 6.32. The molecule has 35 heavy (non-hydrogen) atoms. The Bertz CT molecular complexity index is 870. The van der Waals surface area contributed by atoms with Gasteiger partial charge < -0.3 is 9.11 Å². The summed E-state index contributed by atoms with van der Waals surface area (Å²) in [5, 5.41) is -14.2. The summed E-state index contributed by atoms with van der Waals surface area (Å²) in [7, 11) is -14.8. The van der Waals surface area contributed by atoms with Gasteiger partial charge in [0.25, 0.3) is 0 Å². The fraction of sp³-hybridized carbons (Fsp3) is 1.00. The van der Waals surface area contributed by atoms with Crippen LogP contribution in [0, 0.1) is 0 Å². The Labute approximate surface area is 189 Å². The number of hydrogen-bond donors (Lipinski definition) is 0. The molecular weight excluding hydrogens is 657 g/mol. The van der Waals surface area contributed by atoms with Gasteiger partial charge in [-0.1, -0.05) is 0 Å². The maximum atomic E-state index is 12.2. The second-order valence-corrected chi connectivity index (χ2v) is 8.08. The Balaban J connectivity index is -0.000000569. The Kier molecular flexibility index (Phi) is 10.7. The van der Waals surface area contributed by atoms with Crippen molar-refractivity contribution in [1.29, 1.82) is 0 Å². The van der Waals surface area contributed by atoms with Gasteiger partial charge in [0.1, 0.15) is 0 Å². The van der Waals surface area contributed by atoms with Crippen LogP contribution in [-0.4, -0.2) is 72.5 Å². The van der Waals surface area contributed by atoms with Gasteiger partial charge in [-0.2, -0.15) is 79.0 Å². The molecular formula is C8CoF18O6S2. The van der Waals surface area contributed by atoms with E-state index >= 15 is 0 Å². The van der Waals surface area contributed by atoms with Crippen LogP contribution in [0.4, 0.5) is 79.0 Å². The van der Waals surface area contributed by atoms with Crippen LogP contribution in [0.15, 0.2) is 0 Å². The summed E-state index contributed by atoms with van der Waals surface area (Å²) in [4.78, 5) is 0. The summed E-state index contributed by atoms with van der Waals surface area (Å²) in [6.45, 7) is 0.